The number of amides is 1. The predicted molar refractivity (Wildman–Crippen MR) is 102 cm³/mol. The molecule has 1 aromatic carbocycles. The summed E-state index contributed by atoms with van der Waals surface area (Å²) in [6.07, 6.45) is 0. The number of anilines is 1. The van der Waals surface area contributed by atoms with Crippen molar-refractivity contribution in [3.8, 4) is 17.2 Å². The molecule has 0 radical (unpaired) electrons. The molecule has 1 aliphatic heterocycles. The third kappa shape index (κ3) is 3.51. The highest BCUT2D eigenvalue weighted by Crippen LogP contribution is 2.38. The van der Waals surface area contributed by atoms with E-state index >= 15 is 0 Å². The number of aromatic nitrogens is 2. The fourth-order valence-corrected chi connectivity index (χ4v) is 3.53. The number of benzene rings is 1. The Morgan fingerprint density at radius 2 is 1.59 bits per heavy atom. The van der Waals surface area contributed by atoms with Crippen molar-refractivity contribution in [1.29, 1.82) is 0 Å². The molecule has 2 aromatic rings. The lowest BCUT2D eigenvalue weighted by Gasteiger charge is -2.36. The molecule has 0 spiro atoms. The van der Waals surface area contributed by atoms with Gasteiger partial charge in [0.15, 0.2) is 11.5 Å². The Hall–Kier alpha value is -2.90. The molecule has 8 heteroatoms. The minimum absolute atomic E-state index is 0.0467. The van der Waals surface area contributed by atoms with Gasteiger partial charge in [-0.3, -0.25) is 9.89 Å². The van der Waals surface area contributed by atoms with Gasteiger partial charge >= 0.3 is 0 Å². The quantitative estimate of drug-likeness (QED) is 0.862. The van der Waals surface area contributed by atoms with Gasteiger partial charge in [0, 0.05) is 31.7 Å². The molecule has 1 aromatic heterocycles. The second-order valence-electron chi connectivity index (χ2n) is 6.48. The average Bonchev–Trinajstić information content (AvgIpc) is 3.04. The van der Waals surface area contributed by atoms with Crippen LogP contribution in [0.2, 0.25) is 0 Å². The van der Waals surface area contributed by atoms with Crippen LogP contribution in [0.5, 0.6) is 17.2 Å². The van der Waals surface area contributed by atoms with E-state index in [1.165, 1.54) is 0 Å². The van der Waals surface area contributed by atoms with Gasteiger partial charge in [-0.25, -0.2) is 0 Å². The molecule has 1 saturated heterocycles. The molecule has 0 atom stereocenters. The van der Waals surface area contributed by atoms with E-state index < -0.39 is 0 Å². The summed E-state index contributed by atoms with van der Waals surface area (Å²) < 4.78 is 16.0. The van der Waals surface area contributed by atoms with E-state index in [1.54, 1.807) is 33.5 Å². The van der Waals surface area contributed by atoms with Crippen LogP contribution in [-0.4, -0.2) is 68.5 Å². The summed E-state index contributed by atoms with van der Waals surface area (Å²) in [6.45, 7) is 6.81. The first-order valence-corrected chi connectivity index (χ1v) is 8.86. The number of carbonyl (C=O) groups excluding carboxylic acids is 1. The normalized spacial score (nSPS) is 14.3. The number of rotatable bonds is 5. The molecule has 0 aliphatic carbocycles. The number of H-pyrrole nitrogens is 1. The number of nitrogens with zero attached hydrogens (tertiary/aromatic N) is 3. The van der Waals surface area contributed by atoms with Gasteiger partial charge in [0.25, 0.3) is 5.91 Å². The maximum absolute atomic E-state index is 13.0. The van der Waals surface area contributed by atoms with Gasteiger partial charge in [-0.1, -0.05) is 0 Å². The van der Waals surface area contributed by atoms with Crippen molar-refractivity contribution < 1.29 is 19.0 Å². The summed E-state index contributed by atoms with van der Waals surface area (Å²) >= 11 is 0. The highest BCUT2D eigenvalue weighted by Gasteiger charge is 2.26. The maximum Gasteiger partial charge on any atom is 0.254 e. The minimum Gasteiger partial charge on any atom is -0.493 e. The maximum atomic E-state index is 13.0. The molecule has 2 heterocycles. The molecule has 0 bridgehead atoms. The van der Waals surface area contributed by atoms with Crippen LogP contribution in [0, 0.1) is 13.8 Å². The van der Waals surface area contributed by atoms with Crippen LogP contribution < -0.4 is 19.1 Å². The number of carbonyl (C=O) groups is 1. The Morgan fingerprint density at radius 1 is 1.00 bits per heavy atom. The zero-order valence-electron chi connectivity index (χ0n) is 16.5. The van der Waals surface area contributed by atoms with Crippen molar-refractivity contribution in [3.63, 3.8) is 0 Å². The molecule has 146 valence electrons. The smallest absolute Gasteiger partial charge is 0.254 e. The summed E-state index contributed by atoms with van der Waals surface area (Å²) in [7, 11) is 4.63. The number of nitrogens with one attached hydrogen (secondary N) is 1. The van der Waals surface area contributed by atoms with Gasteiger partial charge in [-0.15, -0.1) is 0 Å². The standard InChI is InChI=1S/C19H26N4O4/c1-12-17(13(2)21-20-12)22-6-8-23(9-7-22)19(24)14-10-15(25-3)18(27-5)16(11-14)26-4/h10-11H,6-9H2,1-5H3,(H,20,21). The zero-order valence-corrected chi connectivity index (χ0v) is 16.5. The van der Waals surface area contributed by atoms with Crippen molar-refractivity contribution in [3.05, 3.63) is 29.1 Å². The first-order chi connectivity index (χ1) is 13.0. The van der Waals surface area contributed by atoms with Crippen LogP contribution in [0.25, 0.3) is 0 Å². The molecule has 8 nitrogen and oxygen atoms in total. The molecule has 0 saturated carbocycles. The van der Waals surface area contributed by atoms with E-state index in [9.17, 15) is 4.79 Å². The van der Waals surface area contributed by atoms with E-state index in [-0.39, 0.29) is 5.91 Å². The van der Waals surface area contributed by atoms with Crippen LogP contribution in [0.3, 0.4) is 0 Å². The molecule has 1 amide bonds. The molecule has 27 heavy (non-hydrogen) atoms. The van der Waals surface area contributed by atoms with Gasteiger partial charge in [0.2, 0.25) is 5.75 Å². The second kappa shape index (κ2) is 7.77. The summed E-state index contributed by atoms with van der Waals surface area (Å²) in [5.74, 6) is 1.38. The number of ether oxygens (including phenoxy) is 3. The SMILES string of the molecule is COc1cc(C(=O)N2CCN(c3c(C)n[nH]c3C)CC2)cc(OC)c1OC. The fraction of sp³-hybridized carbons (Fsp3) is 0.474. The van der Waals surface area contributed by atoms with Gasteiger partial charge in [0.1, 0.15) is 0 Å². The summed E-state index contributed by atoms with van der Waals surface area (Å²) in [5.41, 5.74) is 3.69. The zero-order chi connectivity index (χ0) is 19.6. The Kier molecular flexibility index (Phi) is 5.43. The van der Waals surface area contributed by atoms with Crippen molar-refractivity contribution >= 4 is 11.6 Å². The summed E-state index contributed by atoms with van der Waals surface area (Å²) in [6, 6.07) is 3.39. The van der Waals surface area contributed by atoms with Crippen LogP contribution >= 0.6 is 0 Å². The van der Waals surface area contributed by atoms with Crippen LogP contribution in [0.15, 0.2) is 12.1 Å². The van der Waals surface area contributed by atoms with Crippen LogP contribution in [0.1, 0.15) is 21.7 Å². The number of aryl methyl sites for hydroxylation is 2. The Morgan fingerprint density at radius 3 is 2.04 bits per heavy atom. The van der Waals surface area contributed by atoms with Crippen molar-refractivity contribution in [1.82, 2.24) is 15.1 Å². The average molecular weight is 374 g/mol. The van der Waals surface area contributed by atoms with Crippen molar-refractivity contribution in [2.75, 3.05) is 52.4 Å². The van der Waals surface area contributed by atoms with E-state index in [1.807, 2.05) is 18.7 Å². The van der Waals surface area contributed by atoms with Gasteiger partial charge in [-0.2, -0.15) is 5.10 Å². The van der Waals surface area contributed by atoms with Crippen LogP contribution in [0.4, 0.5) is 5.69 Å². The number of aromatic amines is 1. The predicted octanol–water partition coefficient (Wildman–Crippen LogP) is 2.01. The van der Waals surface area contributed by atoms with Crippen molar-refractivity contribution in [2.45, 2.75) is 13.8 Å². The Bertz CT molecular complexity index is 781. The first kappa shape index (κ1) is 18.9. The number of methoxy groups -OCH3 is 3. The van der Waals surface area contributed by atoms with Gasteiger partial charge in [-0.05, 0) is 26.0 Å². The third-order valence-electron chi connectivity index (χ3n) is 4.88. The highest BCUT2D eigenvalue weighted by atomic mass is 16.5. The van der Waals surface area contributed by atoms with E-state index in [0.717, 1.165) is 30.2 Å². The van der Waals surface area contributed by atoms with E-state index in [0.29, 0.717) is 35.9 Å². The Balaban J connectivity index is 1.76. The lowest BCUT2D eigenvalue weighted by atomic mass is 10.1. The topological polar surface area (TPSA) is 79.9 Å². The number of hydrogen-bond acceptors (Lipinski definition) is 6. The summed E-state index contributed by atoms with van der Waals surface area (Å²) in [5, 5.41) is 7.28. The highest BCUT2D eigenvalue weighted by molar-refractivity contribution is 5.95. The molecule has 1 N–H and O–H groups in total. The Labute approximate surface area is 159 Å². The molecule has 0 unspecified atom stereocenters. The van der Waals surface area contributed by atoms with Crippen LogP contribution in [-0.2, 0) is 0 Å². The van der Waals surface area contributed by atoms with E-state index in [4.69, 9.17) is 14.2 Å². The third-order valence-corrected chi connectivity index (χ3v) is 4.88. The van der Waals surface area contributed by atoms with E-state index in [2.05, 4.69) is 15.1 Å². The van der Waals surface area contributed by atoms with Gasteiger partial charge < -0.3 is 24.0 Å². The lowest BCUT2D eigenvalue weighted by molar-refractivity contribution is 0.0746. The number of piperazine rings is 1. The second-order valence-corrected chi connectivity index (χ2v) is 6.48. The molecular formula is C19H26N4O4. The van der Waals surface area contributed by atoms with Crippen molar-refractivity contribution in [2.24, 2.45) is 0 Å². The molecule has 1 fully saturated rings. The monoisotopic (exact) mass is 374 g/mol. The largest absolute Gasteiger partial charge is 0.493 e. The minimum atomic E-state index is -0.0467. The van der Waals surface area contributed by atoms with Gasteiger partial charge in [0.05, 0.1) is 38.4 Å². The lowest BCUT2D eigenvalue weighted by Crippen LogP contribution is -2.49. The fourth-order valence-electron chi connectivity index (χ4n) is 3.53. The molecule has 3 rings (SSSR count). The summed E-state index contributed by atoms with van der Waals surface area (Å²) in [4.78, 5) is 17.1. The first-order valence-electron chi connectivity index (χ1n) is 8.86. The molecule has 1 aliphatic rings. The number of hydrogen-bond donors (Lipinski definition) is 1. The molecular weight excluding hydrogens is 348 g/mol.